The van der Waals surface area contributed by atoms with Crippen molar-refractivity contribution in [1.29, 1.82) is 0 Å². The van der Waals surface area contributed by atoms with Crippen molar-refractivity contribution in [2.75, 3.05) is 5.32 Å². The summed E-state index contributed by atoms with van der Waals surface area (Å²) in [6.45, 7) is 6.13. The van der Waals surface area contributed by atoms with Crippen molar-refractivity contribution in [3.05, 3.63) is 59.9 Å². The molecule has 0 spiro atoms. The molecule has 1 N–H and O–H groups in total. The molecule has 1 aromatic carbocycles. The lowest BCUT2D eigenvalue weighted by Crippen LogP contribution is -2.08. The molecule has 5 nitrogen and oxygen atoms in total. The number of rotatable bonds is 4. The predicted molar refractivity (Wildman–Crippen MR) is 96.8 cm³/mol. The van der Waals surface area contributed by atoms with Gasteiger partial charge in [-0.15, -0.1) is 0 Å². The van der Waals surface area contributed by atoms with E-state index in [-0.39, 0.29) is 11.9 Å². The van der Waals surface area contributed by atoms with Crippen molar-refractivity contribution in [2.45, 2.75) is 26.8 Å². The van der Waals surface area contributed by atoms with Crippen molar-refractivity contribution in [3.63, 3.8) is 0 Å². The Balaban J connectivity index is 1.73. The second kappa shape index (κ2) is 6.66. The number of pyridine rings is 1. The lowest BCUT2D eigenvalue weighted by atomic mass is 10.1. The van der Waals surface area contributed by atoms with Gasteiger partial charge in [0.15, 0.2) is 5.65 Å². The van der Waals surface area contributed by atoms with Gasteiger partial charge in [0.05, 0.1) is 18.1 Å². The zero-order valence-corrected chi connectivity index (χ0v) is 14.0. The first kappa shape index (κ1) is 15.9. The maximum atomic E-state index is 12.1. The van der Waals surface area contributed by atoms with Crippen LogP contribution in [0.25, 0.3) is 17.1 Å². The Morgan fingerprint density at radius 3 is 2.83 bits per heavy atom. The highest BCUT2D eigenvalue weighted by molar-refractivity contribution is 6.02. The number of hydrogen-bond donors (Lipinski definition) is 1. The monoisotopic (exact) mass is 320 g/mol. The van der Waals surface area contributed by atoms with Crippen LogP contribution >= 0.6 is 0 Å². The Labute approximate surface area is 141 Å². The molecule has 122 valence electrons. The van der Waals surface area contributed by atoms with Gasteiger partial charge in [-0.3, -0.25) is 4.79 Å². The molecule has 0 bridgehead atoms. The fraction of sp³-hybridized carbons (Fsp3) is 0.211. The van der Waals surface area contributed by atoms with Crippen LogP contribution < -0.4 is 5.32 Å². The average Bonchev–Trinajstić information content (AvgIpc) is 2.96. The van der Waals surface area contributed by atoms with E-state index >= 15 is 0 Å². The predicted octanol–water partition coefficient (Wildman–Crippen LogP) is 3.97. The third kappa shape index (κ3) is 3.51. The van der Waals surface area contributed by atoms with Crippen LogP contribution in [0.1, 0.15) is 31.0 Å². The molecule has 0 aliphatic heterocycles. The molecule has 5 heteroatoms. The van der Waals surface area contributed by atoms with Crippen LogP contribution in [-0.4, -0.2) is 20.7 Å². The molecular formula is C19H20N4O. The number of aryl methyl sites for hydroxylation is 1. The van der Waals surface area contributed by atoms with Gasteiger partial charge in [0.25, 0.3) is 0 Å². The van der Waals surface area contributed by atoms with E-state index in [2.05, 4.69) is 29.2 Å². The molecule has 0 saturated heterocycles. The van der Waals surface area contributed by atoms with Crippen LogP contribution in [-0.2, 0) is 4.79 Å². The summed E-state index contributed by atoms with van der Waals surface area (Å²) in [7, 11) is 0. The van der Waals surface area contributed by atoms with Crippen molar-refractivity contribution in [1.82, 2.24) is 14.8 Å². The molecule has 0 saturated carbocycles. The number of nitrogens with one attached hydrogen (secondary N) is 1. The van der Waals surface area contributed by atoms with Gasteiger partial charge in [-0.1, -0.05) is 29.8 Å². The topological polar surface area (TPSA) is 59.8 Å². The summed E-state index contributed by atoms with van der Waals surface area (Å²) in [5.74, 6) is -0.186. The quantitative estimate of drug-likeness (QED) is 0.740. The van der Waals surface area contributed by atoms with Crippen molar-refractivity contribution >= 4 is 28.7 Å². The number of amides is 1. The van der Waals surface area contributed by atoms with E-state index in [1.165, 1.54) is 6.08 Å². The minimum absolute atomic E-state index is 0.186. The molecule has 3 aromatic rings. The van der Waals surface area contributed by atoms with E-state index in [4.69, 9.17) is 0 Å². The molecule has 0 unspecified atom stereocenters. The Kier molecular flexibility index (Phi) is 4.42. The van der Waals surface area contributed by atoms with Gasteiger partial charge in [0.1, 0.15) is 0 Å². The van der Waals surface area contributed by atoms with Crippen LogP contribution in [0.15, 0.2) is 48.8 Å². The van der Waals surface area contributed by atoms with Crippen molar-refractivity contribution < 1.29 is 4.79 Å². The van der Waals surface area contributed by atoms with E-state index in [1.54, 1.807) is 18.5 Å². The third-order valence-corrected chi connectivity index (χ3v) is 3.66. The first-order chi connectivity index (χ1) is 11.5. The number of carbonyl (C=O) groups excluding carboxylic acids is 1. The highest BCUT2D eigenvalue weighted by Gasteiger charge is 2.08. The number of anilines is 1. The Hall–Kier alpha value is -2.95. The molecule has 0 aliphatic rings. The van der Waals surface area contributed by atoms with Crippen molar-refractivity contribution in [2.24, 2.45) is 0 Å². The number of benzene rings is 1. The molecule has 0 atom stereocenters. The summed E-state index contributed by atoms with van der Waals surface area (Å²) in [5.41, 5.74) is 3.63. The maximum absolute atomic E-state index is 12.1. The molecule has 2 heterocycles. The maximum Gasteiger partial charge on any atom is 0.248 e. The molecule has 3 rings (SSSR count). The molecule has 0 radical (unpaired) electrons. The fourth-order valence-corrected chi connectivity index (χ4v) is 2.52. The average molecular weight is 320 g/mol. The summed E-state index contributed by atoms with van der Waals surface area (Å²) in [6.07, 6.45) is 6.74. The van der Waals surface area contributed by atoms with Gasteiger partial charge in [0, 0.05) is 17.5 Å². The standard InChI is InChI=1S/C19H20N4O/c1-13(2)23-19-16(11-21-23)10-17(12-20-19)22-18(24)8-7-15-6-4-5-14(3)9-15/h4-13H,1-3H3,(H,22,24)/b8-7+. The van der Waals surface area contributed by atoms with Gasteiger partial charge >= 0.3 is 0 Å². The molecule has 0 fully saturated rings. The van der Waals surface area contributed by atoms with Crippen LogP contribution in [0.2, 0.25) is 0 Å². The SMILES string of the molecule is Cc1cccc(/C=C/C(=O)Nc2cnc3c(cnn3C(C)C)c2)c1. The number of aromatic nitrogens is 3. The highest BCUT2D eigenvalue weighted by atomic mass is 16.1. The zero-order chi connectivity index (χ0) is 17.1. The molecule has 0 aliphatic carbocycles. The van der Waals surface area contributed by atoms with Gasteiger partial charge in [0.2, 0.25) is 5.91 Å². The summed E-state index contributed by atoms with van der Waals surface area (Å²) >= 11 is 0. The Morgan fingerprint density at radius 1 is 1.25 bits per heavy atom. The van der Waals surface area contributed by atoms with E-state index in [1.807, 2.05) is 41.9 Å². The molecule has 1 amide bonds. The van der Waals surface area contributed by atoms with Crippen LogP contribution in [0.4, 0.5) is 5.69 Å². The van der Waals surface area contributed by atoms with Crippen molar-refractivity contribution in [3.8, 4) is 0 Å². The Morgan fingerprint density at radius 2 is 2.08 bits per heavy atom. The summed E-state index contributed by atoms with van der Waals surface area (Å²) in [6, 6.07) is 10.1. The van der Waals surface area contributed by atoms with Crippen LogP contribution in [0.3, 0.4) is 0 Å². The van der Waals surface area contributed by atoms with Gasteiger partial charge in [-0.05, 0) is 38.5 Å². The Bertz CT molecular complexity index is 909. The second-order valence-corrected chi connectivity index (χ2v) is 6.06. The highest BCUT2D eigenvalue weighted by Crippen LogP contribution is 2.19. The van der Waals surface area contributed by atoms with E-state index in [9.17, 15) is 4.79 Å². The van der Waals surface area contributed by atoms with Gasteiger partial charge < -0.3 is 5.32 Å². The lowest BCUT2D eigenvalue weighted by Gasteiger charge is -2.06. The molecule has 2 aromatic heterocycles. The number of carbonyl (C=O) groups is 1. The smallest absolute Gasteiger partial charge is 0.248 e. The number of fused-ring (bicyclic) bond motifs is 1. The van der Waals surface area contributed by atoms with Crippen LogP contribution in [0, 0.1) is 6.92 Å². The zero-order valence-electron chi connectivity index (χ0n) is 14.0. The van der Waals surface area contributed by atoms with Gasteiger partial charge in [-0.2, -0.15) is 5.10 Å². The largest absolute Gasteiger partial charge is 0.321 e. The minimum Gasteiger partial charge on any atom is -0.321 e. The van der Waals surface area contributed by atoms with Gasteiger partial charge in [-0.25, -0.2) is 9.67 Å². The second-order valence-electron chi connectivity index (χ2n) is 6.06. The minimum atomic E-state index is -0.186. The van der Waals surface area contributed by atoms with E-state index in [0.717, 1.165) is 22.2 Å². The third-order valence-electron chi connectivity index (χ3n) is 3.66. The molecule has 24 heavy (non-hydrogen) atoms. The van der Waals surface area contributed by atoms with E-state index in [0.29, 0.717) is 5.69 Å². The molecular weight excluding hydrogens is 300 g/mol. The first-order valence-corrected chi connectivity index (χ1v) is 7.92. The first-order valence-electron chi connectivity index (χ1n) is 7.92. The lowest BCUT2D eigenvalue weighted by molar-refractivity contribution is -0.111. The summed E-state index contributed by atoms with van der Waals surface area (Å²) < 4.78 is 1.86. The number of nitrogens with zero attached hydrogens (tertiary/aromatic N) is 3. The number of hydrogen-bond acceptors (Lipinski definition) is 3. The fourth-order valence-electron chi connectivity index (χ4n) is 2.52. The van der Waals surface area contributed by atoms with Crippen LogP contribution in [0.5, 0.6) is 0 Å². The summed E-state index contributed by atoms with van der Waals surface area (Å²) in [4.78, 5) is 16.5. The van der Waals surface area contributed by atoms with E-state index < -0.39 is 0 Å². The summed E-state index contributed by atoms with van der Waals surface area (Å²) in [5, 5.41) is 8.07. The normalized spacial score (nSPS) is 11.5.